The number of nitrogens with zero attached hydrogens (tertiary/aromatic N) is 1. The van der Waals surface area contributed by atoms with Crippen LogP contribution < -0.4 is 5.32 Å². The highest BCUT2D eigenvalue weighted by molar-refractivity contribution is 7.89. The van der Waals surface area contributed by atoms with Crippen LogP contribution in [0.4, 0.5) is 0 Å². The minimum atomic E-state index is -3.15. The first-order chi connectivity index (χ1) is 8.71. The van der Waals surface area contributed by atoms with Crippen molar-refractivity contribution < 1.29 is 8.42 Å². The molecule has 1 saturated heterocycles. The van der Waals surface area contributed by atoms with E-state index in [0.717, 1.165) is 19.3 Å². The van der Waals surface area contributed by atoms with Crippen LogP contribution in [-0.2, 0) is 10.0 Å². The Morgan fingerprint density at radius 2 is 1.74 bits per heavy atom. The molecule has 1 N–H and O–H groups in total. The second-order valence-corrected chi connectivity index (χ2v) is 8.83. The Labute approximate surface area is 119 Å². The Hall–Kier alpha value is -0.130. The van der Waals surface area contributed by atoms with E-state index in [1.807, 2.05) is 13.8 Å². The third-order valence-electron chi connectivity index (χ3n) is 4.46. The van der Waals surface area contributed by atoms with Crippen LogP contribution in [0.15, 0.2) is 0 Å². The first-order valence-electron chi connectivity index (χ1n) is 7.43. The van der Waals surface area contributed by atoms with E-state index < -0.39 is 10.0 Å². The van der Waals surface area contributed by atoms with Crippen LogP contribution in [0.1, 0.15) is 53.9 Å². The lowest BCUT2D eigenvalue weighted by Crippen LogP contribution is -2.47. The fourth-order valence-corrected chi connectivity index (χ4v) is 3.90. The highest BCUT2D eigenvalue weighted by Gasteiger charge is 2.35. The van der Waals surface area contributed by atoms with Crippen molar-refractivity contribution in [3.63, 3.8) is 0 Å². The van der Waals surface area contributed by atoms with Crippen molar-refractivity contribution in [2.24, 2.45) is 5.41 Å². The lowest BCUT2D eigenvalue weighted by Gasteiger charge is -2.39. The van der Waals surface area contributed by atoms with E-state index in [0.29, 0.717) is 31.1 Å². The summed E-state index contributed by atoms with van der Waals surface area (Å²) in [6.45, 7) is 12.2. The third kappa shape index (κ3) is 4.43. The van der Waals surface area contributed by atoms with Gasteiger partial charge >= 0.3 is 0 Å². The molecule has 1 heterocycles. The zero-order chi connectivity index (χ0) is 14.7. The predicted octanol–water partition coefficient (Wildman–Crippen LogP) is 2.21. The molecule has 0 amide bonds. The van der Waals surface area contributed by atoms with Crippen molar-refractivity contribution in [2.45, 2.75) is 65.2 Å². The molecule has 0 aromatic rings. The highest BCUT2D eigenvalue weighted by atomic mass is 32.2. The Morgan fingerprint density at radius 3 is 2.16 bits per heavy atom. The molecule has 1 unspecified atom stereocenters. The summed E-state index contributed by atoms with van der Waals surface area (Å²) in [6, 6.07) is 0.322. The number of hydrogen-bond donors (Lipinski definition) is 1. The molecule has 1 aliphatic rings. The van der Waals surface area contributed by atoms with E-state index in [-0.39, 0.29) is 5.25 Å². The fourth-order valence-electron chi connectivity index (χ4n) is 2.40. The molecule has 1 aliphatic heterocycles. The summed E-state index contributed by atoms with van der Waals surface area (Å²) in [4.78, 5) is 0. The number of rotatable bonds is 6. The summed E-state index contributed by atoms with van der Waals surface area (Å²) in [7, 11) is -3.15. The summed E-state index contributed by atoms with van der Waals surface area (Å²) >= 11 is 0. The Balaban J connectivity index is 2.59. The predicted molar refractivity (Wildman–Crippen MR) is 80.7 cm³/mol. The molecular weight excluding hydrogens is 260 g/mol. The molecule has 1 fully saturated rings. The molecule has 4 nitrogen and oxygen atoms in total. The fraction of sp³-hybridized carbons (Fsp3) is 1.00. The van der Waals surface area contributed by atoms with Crippen LogP contribution in [-0.4, -0.2) is 43.6 Å². The second-order valence-electron chi connectivity index (χ2n) is 6.48. The van der Waals surface area contributed by atoms with Gasteiger partial charge in [-0.1, -0.05) is 34.1 Å². The van der Waals surface area contributed by atoms with Crippen molar-refractivity contribution in [1.82, 2.24) is 9.62 Å². The lowest BCUT2D eigenvalue weighted by molar-refractivity contribution is 0.168. The normalized spacial score (nSPS) is 22.6. The molecule has 0 aliphatic carbocycles. The van der Waals surface area contributed by atoms with Gasteiger partial charge in [0, 0.05) is 25.7 Å². The van der Waals surface area contributed by atoms with Gasteiger partial charge in [0.2, 0.25) is 10.0 Å². The van der Waals surface area contributed by atoms with Gasteiger partial charge in [-0.25, -0.2) is 12.7 Å². The lowest BCUT2D eigenvalue weighted by atomic mass is 9.79. The second kappa shape index (κ2) is 6.55. The van der Waals surface area contributed by atoms with Gasteiger partial charge in [-0.3, -0.25) is 0 Å². The number of hydrogen-bond acceptors (Lipinski definition) is 3. The number of nitrogens with one attached hydrogen (secondary N) is 1. The van der Waals surface area contributed by atoms with E-state index in [2.05, 4.69) is 19.2 Å². The first kappa shape index (κ1) is 16.9. The zero-order valence-electron chi connectivity index (χ0n) is 13.1. The van der Waals surface area contributed by atoms with Gasteiger partial charge < -0.3 is 5.32 Å². The molecule has 0 spiro atoms. The molecular formula is C14H30N2O2S. The Morgan fingerprint density at radius 1 is 1.21 bits per heavy atom. The van der Waals surface area contributed by atoms with Crippen LogP contribution in [0.2, 0.25) is 0 Å². The molecule has 114 valence electrons. The van der Waals surface area contributed by atoms with Crippen LogP contribution in [0.3, 0.4) is 0 Å². The van der Waals surface area contributed by atoms with Crippen molar-refractivity contribution in [3.05, 3.63) is 0 Å². The maximum absolute atomic E-state index is 12.5. The summed E-state index contributed by atoms with van der Waals surface area (Å²) in [6.07, 6.45) is 3.09. The minimum absolute atomic E-state index is 0.322. The summed E-state index contributed by atoms with van der Waals surface area (Å²) in [5.74, 6) is 0. The van der Waals surface area contributed by atoms with E-state index in [4.69, 9.17) is 0 Å². The standard InChI is InChI=1S/C14H30N2O2S/c1-6-14(5)7-9-16(10-8-14)19(17,18)13(4)11-15-12(2)3/h12-13,15H,6-11H2,1-5H3. The van der Waals surface area contributed by atoms with Crippen LogP contribution in [0.5, 0.6) is 0 Å². The Kier molecular flexibility index (Phi) is 5.83. The van der Waals surface area contributed by atoms with Gasteiger partial charge in [0.25, 0.3) is 0 Å². The monoisotopic (exact) mass is 290 g/mol. The van der Waals surface area contributed by atoms with E-state index in [1.165, 1.54) is 0 Å². The highest BCUT2D eigenvalue weighted by Crippen LogP contribution is 2.35. The molecule has 19 heavy (non-hydrogen) atoms. The zero-order valence-corrected chi connectivity index (χ0v) is 13.9. The van der Waals surface area contributed by atoms with Gasteiger partial charge in [0.1, 0.15) is 0 Å². The summed E-state index contributed by atoms with van der Waals surface area (Å²) < 4.78 is 26.7. The van der Waals surface area contributed by atoms with Crippen molar-refractivity contribution >= 4 is 10.0 Å². The quantitative estimate of drug-likeness (QED) is 0.816. The molecule has 1 atom stereocenters. The first-order valence-corrected chi connectivity index (χ1v) is 8.94. The molecule has 5 heteroatoms. The molecule has 0 aromatic carbocycles. The summed E-state index contributed by atoms with van der Waals surface area (Å²) in [5, 5.41) is 2.87. The van der Waals surface area contributed by atoms with E-state index in [9.17, 15) is 8.42 Å². The van der Waals surface area contributed by atoms with Crippen molar-refractivity contribution in [3.8, 4) is 0 Å². The minimum Gasteiger partial charge on any atom is -0.313 e. The third-order valence-corrected chi connectivity index (χ3v) is 6.73. The van der Waals surface area contributed by atoms with Gasteiger partial charge in [-0.2, -0.15) is 0 Å². The van der Waals surface area contributed by atoms with Gasteiger partial charge in [-0.15, -0.1) is 0 Å². The maximum Gasteiger partial charge on any atom is 0.217 e. The number of piperidine rings is 1. The topological polar surface area (TPSA) is 49.4 Å². The molecule has 0 radical (unpaired) electrons. The average Bonchev–Trinajstić information content (AvgIpc) is 2.36. The van der Waals surface area contributed by atoms with E-state index >= 15 is 0 Å². The maximum atomic E-state index is 12.5. The van der Waals surface area contributed by atoms with Crippen molar-refractivity contribution in [1.29, 1.82) is 0 Å². The SMILES string of the molecule is CCC1(C)CCN(S(=O)(=O)C(C)CNC(C)C)CC1. The van der Waals surface area contributed by atoms with Gasteiger partial charge in [0.05, 0.1) is 5.25 Å². The molecule has 1 rings (SSSR count). The van der Waals surface area contributed by atoms with Crippen molar-refractivity contribution in [2.75, 3.05) is 19.6 Å². The molecule has 0 bridgehead atoms. The van der Waals surface area contributed by atoms with E-state index in [1.54, 1.807) is 11.2 Å². The van der Waals surface area contributed by atoms with Gasteiger partial charge in [-0.05, 0) is 25.2 Å². The smallest absolute Gasteiger partial charge is 0.217 e. The average molecular weight is 290 g/mol. The van der Waals surface area contributed by atoms with Crippen LogP contribution >= 0.6 is 0 Å². The van der Waals surface area contributed by atoms with Gasteiger partial charge in [0.15, 0.2) is 0 Å². The number of sulfonamides is 1. The largest absolute Gasteiger partial charge is 0.313 e. The molecule has 0 saturated carbocycles. The molecule has 0 aromatic heterocycles. The Bertz CT molecular complexity index is 371. The van der Waals surface area contributed by atoms with Crippen LogP contribution in [0.25, 0.3) is 0 Å². The van der Waals surface area contributed by atoms with Crippen LogP contribution in [0, 0.1) is 5.41 Å². The summed E-state index contributed by atoms with van der Waals surface area (Å²) in [5.41, 5.74) is 0.325.